The summed E-state index contributed by atoms with van der Waals surface area (Å²) in [5.41, 5.74) is 0.897. The molecule has 0 saturated carbocycles. The number of halogens is 2. The number of hydrogen-bond donors (Lipinski definition) is 0. The van der Waals surface area contributed by atoms with Crippen molar-refractivity contribution in [1.29, 1.82) is 0 Å². The van der Waals surface area contributed by atoms with Crippen molar-refractivity contribution in [3.8, 4) is 0 Å². The zero-order valence-corrected chi connectivity index (χ0v) is 27.4. The molecule has 0 spiro atoms. The molecule has 2 aliphatic heterocycles. The zero-order valence-electron chi connectivity index (χ0n) is 23.4. The first-order valence-corrected chi connectivity index (χ1v) is 16.7. The third kappa shape index (κ3) is 6.42. The first-order chi connectivity index (χ1) is 19.0. The van der Waals surface area contributed by atoms with E-state index in [1.54, 1.807) is 34.1 Å². The van der Waals surface area contributed by atoms with Crippen molar-refractivity contribution < 1.29 is 18.0 Å². The van der Waals surface area contributed by atoms with E-state index in [1.165, 1.54) is 15.6 Å². The van der Waals surface area contributed by atoms with Crippen molar-refractivity contribution in [2.75, 3.05) is 46.8 Å². The summed E-state index contributed by atoms with van der Waals surface area (Å²) < 4.78 is 30.3. The molecule has 0 bridgehead atoms. The molecule has 15 heteroatoms. The van der Waals surface area contributed by atoms with Gasteiger partial charge in [-0.1, -0.05) is 17.7 Å². The monoisotopic (exact) mass is 660 g/mol. The summed E-state index contributed by atoms with van der Waals surface area (Å²) >= 11 is 8.68. The van der Waals surface area contributed by atoms with Gasteiger partial charge in [-0.3, -0.25) is 9.59 Å². The average molecular weight is 662 g/mol. The Morgan fingerprint density at radius 1 is 1.07 bits per heavy atom. The lowest BCUT2D eigenvalue weighted by Gasteiger charge is -2.40. The number of fused-ring (bicyclic) bond motifs is 2. The number of hydrazine groups is 1. The molecular formula is C26H34Cl2N6O4S3. The van der Waals surface area contributed by atoms with Crippen LogP contribution in [0.3, 0.4) is 0 Å². The van der Waals surface area contributed by atoms with Gasteiger partial charge in [-0.2, -0.15) is 4.31 Å². The van der Waals surface area contributed by atoms with E-state index in [4.69, 9.17) is 11.6 Å². The highest BCUT2D eigenvalue weighted by molar-refractivity contribution is 7.91. The summed E-state index contributed by atoms with van der Waals surface area (Å²) in [7, 11) is 0.0479. The van der Waals surface area contributed by atoms with E-state index < -0.39 is 16.1 Å². The molecule has 2 amide bonds. The minimum absolute atomic E-state index is 0. The third-order valence-corrected chi connectivity index (χ3v) is 12.4. The number of amides is 2. The SMILES string of the molecule is CCN(CC)C(=O)CC1CN(C(=O)c2nc3c(s2)CN(C)N(C)C3)CCN1S(=O)(=O)c1cc2ccc(Cl)cc2s1.Cl. The molecule has 1 unspecified atom stereocenters. The van der Waals surface area contributed by atoms with Crippen LogP contribution in [0.5, 0.6) is 0 Å². The van der Waals surface area contributed by atoms with Crippen molar-refractivity contribution in [2.24, 2.45) is 0 Å². The predicted molar refractivity (Wildman–Crippen MR) is 165 cm³/mol. The number of thiophene rings is 1. The highest BCUT2D eigenvalue weighted by atomic mass is 35.5. The summed E-state index contributed by atoms with van der Waals surface area (Å²) in [4.78, 5) is 35.8. The summed E-state index contributed by atoms with van der Waals surface area (Å²) in [5.74, 6) is -0.359. The summed E-state index contributed by atoms with van der Waals surface area (Å²) in [6.07, 6.45) is -0.00856. The molecule has 0 aliphatic carbocycles. The standard InChI is InChI=1S/C26H33ClN6O4S3.ClH/c1-5-31(6-2)23(34)13-19-14-32(26(35)25-28-20-15-29(3)30(4)16-22(20)39-25)9-10-33(19)40(36,37)24-11-17-7-8-18(27)12-21(17)38-24;/h7-8,11-12,19H,5-6,9-10,13-16H2,1-4H3;1H. The zero-order chi connectivity index (χ0) is 28.8. The Balaban J connectivity index is 0.00000387. The van der Waals surface area contributed by atoms with Gasteiger partial charge in [0.1, 0.15) is 4.21 Å². The fourth-order valence-corrected chi connectivity index (χ4v) is 9.66. The number of carbonyl (C=O) groups excluding carboxylic acids is 2. The van der Waals surface area contributed by atoms with Crippen molar-refractivity contribution in [1.82, 2.24) is 29.1 Å². The second-order valence-corrected chi connectivity index (χ2v) is 14.8. The van der Waals surface area contributed by atoms with E-state index in [2.05, 4.69) is 15.0 Å². The molecule has 1 aromatic carbocycles. The van der Waals surface area contributed by atoms with Crippen LogP contribution in [-0.4, -0.2) is 102 Å². The first-order valence-electron chi connectivity index (χ1n) is 13.2. The molecule has 1 saturated heterocycles. The first kappa shape index (κ1) is 32.1. The van der Waals surface area contributed by atoms with E-state index in [9.17, 15) is 18.0 Å². The fraction of sp³-hybridized carbons (Fsp3) is 0.500. The Bertz CT molecular complexity index is 1510. The number of hydrogen-bond acceptors (Lipinski definition) is 9. The lowest BCUT2D eigenvalue weighted by atomic mass is 10.1. The predicted octanol–water partition coefficient (Wildman–Crippen LogP) is 4.00. The largest absolute Gasteiger partial charge is 0.343 e. The Morgan fingerprint density at radius 2 is 1.78 bits per heavy atom. The number of piperazine rings is 1. The van der Waals surface area contributed by atoms with Gasteiger partial charge in [-0.15, -0.1) is 35.1 Å². The number of aromatic nitrogens is 1. The van der Waals surface area contributed by atoms with Crippen molar-refractivity contribution in [3.05, 3.63) is 44.9 Å². The second-order valence-electron chi connectivity index (χ2n) is 10.1. The topological polar surface area (TPSA) is 97.4 Å². The molecule has 2 aromatic heterocycles. The molecule has 1 atom stereocenters. The minimum Gasteiger partial charge on any atom is -0.343 e. The van der Waals surface area contributed by atoms with Crippen LogP contribution in [-0.2, 0) is 27.9 Å². The van der Waals surface area contributed by atoms with Crippen LogP contribution in [0.4, 0.5) is 0 Å². The smallest absolute Gasteiger partial charge is 0.282 e. The number of nitrogens with zero attached hydrogens (tertiary/aromatic N) is 6. The Kier molecular flexibility index (Phi) is 10.0. The van der Waals surface area contributed by atoms with E-state index in [0.29, 0.717) is 36.2 Å². The highest BCUT2D eigenvalue weighted by Crippen LogP contribution is 2.35. The molecule has 3 aromatic rings. The van der Waals surface area contributed by atoms with Gasteiger partial charge in [0.2, 0.25) is 5.91 Å². The van der Waals surface area contributed by atoms with Crippen molar-refractivity contribution >= 4 is 78.6 Å². The lowest BCUT2D eigenvalue weighted by molar-refractivity contribution is -0.132. The Labute approximate surface area is 259 Å². The maximum atomic E-state index is 13.9. The molecule has 10 nitrogen and oxygen atoms in total. The highest BCUT2D eigenvalue weighted by Gasteiger charge is 2.40. The number of sulfonamides is 1. The average Bonchev–Trinajstić information content (AvgIpc) is 3.53. The molecule has 224 valence electrons. The second kappa shape index (κ2) is 12.8. The van der Waals surface area contributed by atoms with Crippen molar-refractivity contribution in [3.63, 3.8) is 0 Å². The number of thiazole rings is 1. The molecule has 0 N–H and O–H groups in total. The van der Waals surface area contributed by atoms with E-state index in [-0.39, 0.29) is 54.5 Å². The van der Waals surface area contributed by atoms with Crippen molar-refractivity contribution in [2.45, 2.75) is 43.6 Å². The van der Waals surface area contributed by atoms with Crippen LogP contribution >= 0.6 is 46.7 Å². The van der Waals surface area contributed by atoms with Crippen LogP contribution in [0.15, 0.2) is 28.5 Å². The number of rotatable bonds is 7. The normalized spacial score (nSPS) is 18.8. The molecule has 41 heavy (non-hydrogen) atoms. The molecule has 0 radical (unpaired) electrons. The fourth-order valence-electron chi connectivity index (χ4n) is 5.16. The van der Waals surface area contributed by atoms with Crippen LogP contribution in [0, 0.1) is 0 Å². The van der Waals surface area contributed by atoms with E-state index >= 15 is 0 Å². The molecular weight excluding hydrogens is 627 g/mol. The van der Waals surface area contributed by atoms with Gasteiger partial charge in [0.15, 0.2) is 5.01 Å². The lowest BCUT2D eigenvalue weighted by Crippen LogP contribution is -2.57. The Morgan fingerprint density at radius 3 is 2.49 bits per heavy atom. The van der Waals surface area contributed by atoms with Gasteiger partial charge in [0.05, 0.1) is 18.3 Å². The van der Waals surface area contributed by atoms with Gasteiger partial charge >= 0.3 is 0 Å². The van der Waals surface area contributed by atoms with Gasteiger partial charge in [0, 0.05) is 74.4 Å². The maximum absolute atomic E-state index is 13.9. The van der Waals surface area contributed by atoms with Gasteiger partial charge < -0.3 is 9.80 Å². The molecule has 2 aliphatic rings. The van der Waals surface area contributed by atoms with Gasteiger partial charge in [0.25, 0.3) is 15.9 Å². The third-order valence-electron chi connectivity index (χ3n) is 7.56. The number of benzene rings is 1. The molecule has 1 fully saturated rings. The summed E-state index contributed by atoms with van der Waals surface area (Å²) in [6, 6.07) is 6.24. The molecule has 4 heterocycles. The maximum Gasteiger partial charge on any atom is 0.282 e. The summed E-state index contributed by atoms with van der Waals surface area (Å²) in [5, 5.41) is 5.86. The van der Waals surface area contributed by atoms with E-state index in [1.807, 2.05) is 27.9 Å². The minimum atomic E-state index is -3.92. The van der Waals surface area contributed by atoms with Gasteiger partial charge in [-0.25, -0.2) is 23.4 Å². The number of carbonyl (C=O) groups is 2. The van der Waals surface area contributed by atoms with Crippen LogP contribution in [0.25, 0.3) is 10.1 Å². The molecule has 5 rings (SSSR count). The van der Waals surface area contributed by atoms with Crippen LogP contribution in [0.1, 0.15) is 40.6 Å². The Hall–Kier alpha value is -1.84. The summed E-state index contributed by atoms with van der Waals surface area (Å²) in [6.45, 7) is 6.59. The van der Waals surface area contributed by atoms with Crippen LogP contribution in [0.2, 0.25) is 5.02 Å². The van der Waals surface area contributed by atoms with Gasteiger partial charge in [-0.05, 0) is 37.4 Å². The van der Waals surface area contributed by atoms with Crippen LogP contribution < -0.4 is 0 Å². The quantitative estimate of drug-likeness (QED) is 0.378. The van der Waals surface area contributed by atoms with E-state index in [0.717, 1.165) is 32.0 Å².